The molecule has 2 N–H and O–H groups in total. The fraction of sp³-hybridized carbons (Fsp3) is 0.429. The lowest BCUT2D eigenvalue weighted by Crippen LogP contribution is -2.63. The number of hydrogen-bond acceptors (Lipinski definition) is 4. The maximum atomic E-state index is 12.7. The molecule has 2 aliphatic rings. The average molecular weight is 350 g/mol. The van der Waals surface area contributed by atoms with E-state index < -0.39 is 0 Å². The van der Waals surface area contributed by atoms with Crippen molar-refractivity contribution in [2.24, 2.45) is 0 Å². The van der Waals surface area contributed by atoms with Gasteiger partial charge in [0.2, 0.25) is 0 Å². The summed E-state index contributed by atoms with van der Waals surface area (Å²) >= 11 is 0. The number of piperidine rings is 1. The third kappa shape index (κ3) is 3.31. The van der Waals surface area contributed by atoms with E-state index in [0.717, 1.165) is 29.9 Å². The number of carbonyl (C=O) groups excluding carboxylic acids is 1. The van der Waals surface area contributed by atoms with Crippen LogP contribution in [-0.2, 0) is 0 Å². The molecule has 0 bridgehead atoms. The number of likely N-dealkylation sites (tertiary alicyclic amines) is 2. The standard InChI is InChI=1S/C21H26N4O/c1-15-5-2-3-12-25(15)18-13-24(14-18)21(26)17-10-8-16(9-11-17)19-6-4-7-20(22)23-19/h4,6-11,15,18H,2-3,5,12-14H2,1H3,(H2,22,23)/t15-/m1/s1. The molecule has 2 aromatic rings. The summed E-state index contributed by atoms with van der Waals surface area (Å²) in [6, 6.07) is 14.4. The second-order valence-electron chi connectivity index (χ2n) is 7.47. The summed E-state index contributed by atoms with van der Waals surface area (Å²) in [4.78, 5) is 21.6. The van der Waals surface area contributed by atoms with Gasteiger partial charge >= 0.3 is 0 Å². The number of anilines is 1. The van der Waals surface area contributed by atoms with Gasteiger partial charge in [-0.05, 0) is 50.6 Å². The van der Waals surface area contributed by atoms with Crippen LogP contribution in [0, 0.1) is 0 Å². The lowest BCUT2D eigenvalue weighted by molar-refractivity contribution is 0.00213. The molecule has 5 heteroatoms. The summed E-state index contributed by atoms with van der Waals surface area (Å²) in [6.07, 6.45) is 3.90. The van der Waals surface area contributed by atoms with Gasteiger partial charge in [-0.25, -0.2) is 4.98 Å². The SMILES string of the molecule is C[C@@H]1CCCCN1C1CN(C(=O)c2ccc(-c3cccc(N)n3)cc2)C1. The van der Waals surface area contributed by atoms with E-state index >= 15 is 0 Å². The van der Waals surface area contributed by atoms with Crippen molar-refractivity contribution < 1.29 is 4.79 Å². The van der Waals surface area contributed by atoms with Gasteiger partial charge in [0.05, 0.1) is 5.69 Å². The zero-order valence-corrected chi connectivity index (χ0v) is 15.3. The van der Waals surface area contributed by atoms with Crippen molar-refractivity contribution in [3.05, 3.63) is 48.0 Å². The molecule has 3 heterocycles. The Morgan fingerprint density at radius 3 is 2.58 bits per heavy atom. The van der Waals surface area contributed by atoms with E-state index in [9.17, 15) is 4.79 Å². The summed E-state index contributed by atoms with van der Waals surface area (Å²) < 4.78 is 0. The molecule has 5 nitrogen and oxygen atoms in total. The highest BCUT2D eigenvalue weighted by Crippen LogP contribution is 2.26. The van der Waals surface area contributed by atoms with Crippen LogP contribution in [0.15, 0.2) is 42.5 Å². The van der Waals surface area contributed by atoms with Crippen LogP contribution in [0.25, 0.3) is 11.3 Å². The highest BCUT2D eigenvalue weighted by molar-refractivity contribution is 5.95. The second kappa shape index (κ2) is 7.08. The van der Waals surface area contributed by atoms with Crippen molar-refractivity contribution >= 4 is 11.7 Å². The zero-order valence-electron chi connectivity index (χ0n) is 15.3. The summed E-state index contributed by atoms with van der Waals surface area (Å²) in [6.45, 7) is 5.19. The number of rotatable bonds is 3. The molecule has 1 atom stereocenters. The summed E-state index contributed by atoms with van der Waals surface area (Å²) in [5.41, 5.74) is 8.28. The van der Waals surface area contributed by atoms with Gasteiger partial charge in [0.15, 0.2) is 0 Å². The third-order valence-electron chi connectivity index (χ3n) is 5.67. The Balaban J connectivity index is 1.39. The Labute approximate surface area is 154 Å². The highest BCUT2D eigenvalue weighted by atomic mass is 16.2. The molecule has 1 aromatic carbocycles. The minimum Gasteiger partial charge on any atom is -0.384 e. The van der Waals surface area contributed by atoms with Crippen molar-refractivity contribution in [2.45, 2.75) is 38.3 Å². The first-order valence-electron chi connectivity index (χ1n) is 9.50. The van der Waals surface area contributed by atoms with E-state index in [0.29, 0.717) is 17.9 Å². The molecule has 0 spiro atoms. The highest BCUT2D eigenvalue weighted by Gasteiger charge is 2.37. The Morgan fingerprint density at radius 1 is 1.12 bits per heavy atom. The van der Waals surface area contributed by atoms with Gasteiger partial charge in [0.25, 0.3) is 5.91 Å². The van der Waals surface area contributed by atoms with E-state index in [1.807, 2.05) is 41.3 Å². The van der Waals surface area contributed by atoms with Gasteiger partial charge in [0.1, 0.15) is 5.82 Å². The molecule has 4 rings (SSSR count). The van der Waals surface area contributed by atoms with Gasteiger partial charge < -0.3 is 10.6 Å². The number of nitrogens with zero attached hydrogens (tertiary/aromatic N) is 3. The molecule has 2 aliphatic heterocycles. The molecule has 0 unspecified atom stereocenters. The minimum absolute atomic E-state index is 0.123. The fourth-order valence-corrected chi connectivity index (χ4v) is 4.07. The van der Waals surface area contributed by atoms with E-state index in [2.05, 4.69) is 16.8 Å². The number of nitrogens with two attached hydrogens (primary N) is 1. The fourth-order valence-electron chi connectivity index (χ4n) is 4.07. The molecule has 2 fully saturated rings. The van der Waals surface area contributed by atoms with Crippen molar-refractivity contribution in [3.63, 3.8) is 0 Å². The van der Waals surface area contributed by atoms with Crippen LogP contribution in [0.4, 0.5) is 5.82 Å². The van der Waals surface area contributed by atoms with E-state index in [4.69, 9.17) is 5.73 Å². The predicted octanol–water partition coefficient (Wildman–Crippen LogP) is 3.03. The first-order valence-corrected chi connectivity index (χ1v) is 9.50. The van der Waals surface area contributed by atoms with Crippen LogP contribution in [0.3, 0.4) is 0 Å². The number of benzene rings is 1. The smallest absolute Gasteiger partial charge is 0.253 e. The topological polar surface area (TPSA) is 62.5 Å². The molecule has 136 valence electrons. The van der Waals surface area contributed by atoms with E-state index in [1.54, 1.807) is 6.07 Å². The molecule has 1 aromatic heterocycles. The number of hydrogen-bond donors (Lipinski definition) is 1. The zero-order chi connectivity index (χ0) is 18.1. The molecular formula is C21H26N4O. The molecule has 0 saturated carbocycles. The quantitative estimate of drug-likeness (QED) is 0.924. The van der Waals surface area contributed by atoms with Crippen molar-refractivity contribution in [1.29, 1.82) is 0 Å². The Kier molecular flexibility index (Phi) is 4.64. The number of amides is 1. The van der Waals surface area contributed by atoms with Crippen LogP contribution < -0.4 is 5.73 Å². The summed E-state index contributed by atoms with van der Waals surface area (Å²) in [7, 11) is 0. The number of carbonyl (C=O) groups is 1. The van der Waals surface area contributed by atoms with E-state index in [1.165, 1.54) is 25.8 Å². The number of aromatic nitrogens is 1. The lowest BCUT2D eigenvalue weighted by atomic mass is 9.97. The number of pyridine rings is 1. The Bertz CT molecular complexity index is 783. The number of nitrogen functional groups attached to an aromatic ring is 1. The van der Waals surface area contributed by atoms with Crippen molar-refractivity contribution in [3.8, 4) is 11.3 Å². The third-order valence-corrected chi connectivity index (χ3v) is 5.67. The largest absolute Gasteiger partial charge is 0.384 e. The average Bonchev–Trinajstić information content (AvgIpc) is 2.62. The van der Waals surface area contributed by atoms with Crippen molar-refractivity contribution in [1.82, 2.24) is 14.8 Å². The van der Waals surface area contributed by atoms with Gasteiger partial charge in [-0.1, -0.05) is 24.6 Å². The minimum atomic E-state index is 0.123. The molecule has 26 heavy (non-hydrogen) atoms. The Morgan fingerprint density at radius 2 is 1.88 bits per heavy atom. The maximum absolute atomic E-state index is 12.7. The molecule has 0 radical (unpaired) electrons. The second-order valence-corrected chi connectivity index (χ2v) is 7.47. The predicted molar refractivity (Wildman–Crippen MR) is 104 cm³/mol. The normalized spacial score (nSPS) is 21.4. The summed E-state index contributed by atoms with van der Waals surface area (Å²) in [5, 5.41) is 0. The molecule has 0 aliphatic carbocycles. The first-order chi connectivity index (χ1) is 12.6. The maximum Gasteiger partial charge on any atom is 0.253 e. The van der Waals surface area contributed by atoms with Crippen LogP contribution >= 0.6 is 0 Å². The first kappa shape index (κ1) is 17.0. The van der Waals surface area contributed by atoms with E-state index in [-0.39, 0.29) is 5.91 Å². The van der Waals surface area contributed by atoms with Gasteiger partial charge in [-0.15, -0.1) is 0 Å². The van der Waals surface area contributed by atoms with Crippen LogP contribution in [0.2, 0.25) is 0 Å². The Hall–Kier alpha value is -2.40. The summed E-state index contributed by atoms with van der Waals surface area (Å²) in [5.74, 6) is 0.624. The molecular weight excluding hydrogens is 324 g/mol. The molecule has 2 saturated heterocycles. The molecule has 1 amide bonds. The van der Waals surface area contributed by atoms with Crippen molar-refractivity contribution in [2.75, 3.05) is 25.4 Å². The van der Waals surface area contributed by atoms with Gasteiger partial charge in [0, 0.05) is 36.3 Å². The lowest BCUT2D eigenvalue weighted by Gasteiger charge is -2.49. The monoisotopic (exact) mass is 350 g/mol. The van der Waals surface area contributed by atoms with Gasteiger partial charge in [-0.2, -0.15) is 0 Å². The van der Waals surface area contributed by atoms with Gasteiger partial charge in [-0.3, -0.25) is 9.69 Å². The van der Waals surface area contributed by atoms with Crippen LogP contribution in [0.5, 0.6) is 0 Å². The van der Waals surface area contributed by atoms with Crippen LogP contribution in [-0.4, -0.2) is 52.4 Å². The van der Waals surface area contributed by atoms with Crippen LogP contribution in [0.1, 0.15) is 36.5 Å².